The molecule has 2 aromatic carbocycles. The second-order valence-electron chi connectivity index (χ2n) is 5.66. The van der Waals surface area contributed by atoms with Gasteiger partial charge in [0.05, 0.1) is 6.54 Å². The highest BCUT2D eigenvalue weighted by Crippen LogP contribution is 2.26. The maximum Gasteiger partial charge on any atom is 0.332 e. The van der Waals surface area contributed by atoms with Gasteiger partial charge in [-0.3, -0.25) is 19.4 Å². The molecule has 25 heavy (non-hydrogen) atoms. The molecule has 0 aromatic heterocycles. The molecule has 3 rings (SSSR count). The summed E-state index contributed by atoms with van der Waals surface area (Å²) in [6.45, 7) is 1.19. The molecule has 1 fully saturated rings. The number of carbonyl (C=O) groups excluding carboxylic acids is 3. The predicted molar refractivity (Wildman–Crippen MR) is 91.2 cm³/mol. The van der Waals surface area contributed by atoms with Crippen molar-refractivity contribution < 1.29 is 18.8 Å². The Morgan fingerprint density at radius 1 is 1.16 bits per heavy atom. The van der Waals surface area contributed by atoms with Gasteiger partial charge in [0.25, 0.3) is 5.91 Å². The molecule has 0 bridgehead atoms. The van der Waals surface area contributed by atoms with E-state index in [0.717, 1.165) is 4.90 Å². The Morgan fingerprint density at radius 2 is 1.84 bits per heavy atom. The Bertz CT molecular complexity index is 854. The third-order valence-electron chi connectivity index (χ3n) is 4.00. The number of rotatable bonds is 4. The first kappa shape index (κ1) is 17.1. The van der Waals surface area contributed by atoms with E-state index in [9.17, 15) is 18.8 Å². The summed E-state index contributed by atoms with van der Waals surface area (Å²) in [7, 11) is 0. The maximum absolute atomic E-state index is 13.1. The van der Waals surface area contributed by atoms with Gasteiger partial charge in [0.2, 0.25) is 0 Å². The monoisotopic (exact) mass is 360 g/mol. The number of hydrogen-bond acceptors (Lipinski definition) is 3. The molecular weight excluding hydrogens is 347 g/mol. The molecule has 0 aliphatic carbocycles. The van der Waals surface area contributed by atoms with Gasteiger partial charge >= 0.3 is 6.03 Å². The molecule has 0 N–H and O–H groups in total. The zero-order chi connectivity index (χ0) is 18.1. The highest BCUT2D eigenvalue weighted by Gasteiger charge is 2.44. The summed E-state index contributed by atoms with van der Waals surface area (Å²) in [4.78, 5) is 39.5. The molecule has 1 aliphatic rings. The molecule has 0 saturated carbocycles. The standard InChI is InChI=1S/C18H14ClFN2O3/c1-11-17(24)21(10-16(23)12-3-2-4-13(19)9-12)18(25)22(11)15-7-5-14(20)6-8-15/h2-9,11H,10H2,1H3. The number of halogens is 2. The molecule has 1 saturated heterocycles. The molecule has 2 aromatic rings. The summed E-state index contributed by atoms with van der Waals surface area (Å²) in [5, 5.41) is 0.395. The Kier molecular flexibility index (Phi) is 4.55. The first-order valence-electron chi connectivity index (χ1n) is 7.57. The third kappa shape index (κ3) is 3.25. The van der Waals surface area contributed by atoms with Gasteiger partial charge in [-0.15, -0.1) is 0 Å². The Balaban J connectivity index is 1.83. The van der Waals surface area contributed by atoms with Crippen molar-refractivity contribution in [1.29, 1.82) is 0 Å². The fourth-order valence-electron chi connectivity index (χ4n) is 2.70. The van der Waals surface area contributed by atoms with Gasteiger partial charge in [0, 0.05) is 16.3 Å². The van der Waals surface area contributed by atoms with Crippen LogP contribution in [0.2, 0.25) is 5.02 Å². The van der Waals surface area contributed by atoms with Gasteiger partial charge in [-0.2, -0.15) is 0 Å². The van der Waals surface area contributed by atoms with Crippen LogP contribution in [0.3, 0.4) is 0 Å². The summed E-state index contributed by atoms with van der Waals surface area (Å²) < 4.78 is 13.1. The van der Waals surface area contributed by atoms with Crippen molar-refractivity contribution >= 4 is 35.0 Å². The lowest BCUT2D eigenvalue weighted by Crippen LogP contribution is -2.37. The normalized spacial score (nSPS) is 17.3. The molecule has 1 heterocycles. The number of anilines is 1. The first-order valence-corrected chi connectivity index (χ1v) is 7.95. The van der Waals surface area contributed by atoms with Gasteiger partial charge in [0.15, 0.2) is 5.78 Å². The van der Waals surface area contributed by atoms with Crippen LogP contribution in [0, 0.1) is 5.82 Å². The lowest BCUT2D eigenvalue weighted by molar-refractivity contribution is -0.126. The van der Waals surface area contributed by atoms with Crippen molar-refractivity contribution in [2.24, 2.45) is 0 Å². The zero-order valence-corrected chi connectivity index (χ0v) is 14.0. The predicted octanol–water partition coefficient (Wildman–Crippen LogP) is 3.52. The van der Waals surface area contributed by atoms with E-state index >= 15 is 0 Å². The average molecular weight is 361 g/mol. The van der Waals surface area contributed by atoms with E-state index in [1.165, 1.54) is 35.2 Å². The smallest absolute Gasteiger partial charge is 0.292 e. The Hall–Kier alpha value is -2.73. The highest BCUT2D eigenvalue weighted by atomic mass is 35.5. The van der Waals surface area contributed by atoms with Crippen LogP contribution in [0.15, 0.2) is 48.5 Å². The van der Waals surface area contributed by atoms with Crippen LogP contribution in [0.4, 0.5) is 14.9 Å². The summed E-state index contributed by atoms with van der Waals surface area (Å²) in [6, 6.07) is 10.2. The fourth-order valence-corrected chi connectivity index (χ4v) is 2.89. The number of carbonyl (C=O) groups is 3. The van der Waals surface area contributed by atoms with E-state index in [1.807, 2.05) is 0 Å². The number of urea groups is 1. The van der Waals surface area contributed by atoms with Gasteiger partial charge < -0.3 is 0 Å². The van der Waals surface area contributed by atoms with E-state index in [4.69, 9.17) is 11.6 Å². The average Bonchev–Trinajstić information content (AvgIpc) is 2.79. The quantitative estimate of drug-likeness (QED) is 0.619. The van der Waals surface area contributed by atoms with Crippen LogP contribution in [0.1, 0.15) is 17.3 Å². The van der Waals surface area contributed by atoms with E-state index in [0.29, 0.717) is 16.3 Å². The first-order chi connectivity index (χ1) is 11.9. The second kappa shape index (κ2) is 6.64. The topological polar surface area (TPSA) is 57.7 Å². The fraction of sp³-hybridized carbons (Fsp3) is 0.167. The Labute approximate surface area is 148 Å². The summed E-state index contributed by atoms with van der Waals surface area (Å²) in [5.41, 5.74) is 0.714. The molecule has 3 amide bonds. The van der Waals surface area contributed by atoms with Crippen LogP contribution in [-0.4, -0.2) is 35.2 Å². The summed E-state index contributed by atoms with van der Waals surface area (Å²) in [5.74, 6) is -1.32. The van der Waals surface area contributed by atoms with Gasteiger partial charge in [-0.05, 0) is 43.3 Å². The van der Waals surface area contributed by atoms with Crippen LogP contribution < -0.4 is 4.90 Å². The highest BCUT2D eigenvalue weighted by molar-refractivity contribution is 6.31. The molecule has 0 radical (unpaired) electrons. The zero-order valence-electron chi connectivity index (χ0n) is 13.3. The van der Waals surface area contributed by atoms with Crippen molar-refractivity contribution in [3.63, 3.8) is 0 Å². The number of imide groups is 1. The van der Waals surface area contributed by atoms with Crippen LogP contribution in [-0.2, 0) is 4.79 Å². The molecule has 1 unspecified atom stereocenters. The van der Waals surface area contributed by atoms with E-state index in [2.05, 4.69) is 0 Å². The van der Waals surface area contributed by atoms with Crippen LogP contribution >= 0.6 is 11.6 Å². The minimum absolute atomic E-state index is 0.320. The molecule has 1 aliphatic heterocycles. The number of nitrogens with zero attached hydrogens (tertiary/aromatic N) is 2. The van der Waals surface area contributed by atoms with E-state index in [1.54, 1.807) is 25.1 Å². The van der Waals surface area contributed by atoms with Crippen molar-refractivity contribution in [2.75, 3.05) is 11.4 Å². The SMILES string of the molecule is CC1C(=O)N(CC(=O)c2cccc(Cl)c2)C(=O)N1c1ccc(F)cc1. The van der Waals surface area contributed by atoms with Gasteiger partial charge in [-0.25, -0.2) is 9.18 Å². The minimum atomic E-state index is -0.773. The molecule has 7 heteroatoms. The molecule has 5 nitrogen and oxygen atoms in total. The molecule has 1 atom stereocenters. The Morgan fingerprint density at radius 3 is 2.48 bits per heavy atom. The number of hydrogen-bond donors (Lipinski definition) is 0. The van der Waals surface area contributed by atoms with Crippen molar-refractivity contribution in [3.8, 4) is 0 Å². The largest absolute Gasteiger partial charge is 0.332 e. The van der Waals surface area contributed by atoms with Gasteiger partial charge in [0.1, 0.15) is 11.9 Å². The van der Waals surface area contributed by atoms with Crippen LogP contribution in [0.5, 0.6) is 0 Å². The lowest BCUT2D eigenvalue weighted by atomic mass is 10.1. The number of benzene rings is 2. The molecular formula is C18H14ClFN2O3. The maximum atomic E-state index is 13.1. The second-order valence-corrected chi connectivity index (χ2v) is 6.10. The summed E-state index contributed by atoms with van der Waals surface area (Å²) >= 11 is 5.86. The number of Topliss-reactive ketones (excluding diaryl/α,β-unsaturated/α-hetero) is 1. The van der Waals surface area contributed by atoms with Crippen molar-refractivity contribution in [2.45, 2.75) is 13.0 Å². The van der Waals surface area contributed by atoms with Crippen LogP contribution in [0.25, 0.3) is 0 Å². The molecule has 0 spiro atoms. The number of amides is 3. The van der Waals surface area contributed by atoms with Crippen molar-refractivity contribution in [1.82, 2.24) is 4.90 Å². The van der Waals surface area contributed by atoms with Crippen molar-refractivity contribution in [3.05, 3.63) is 64.9 Å². The minimum Gasteiger partial charge on any atom is -0.292 e. The van der Waals surface area contributed by atoms with E-state index in [-0.39, 0.29) is 6.54 Å². The lowest BCUT2D eigenvalue weighted by Gasteiger charge is -2.19. The number of ketones is 1. The van der Waals surface area contributed by atoms with Gasteiger partial charge in [-0.1, -0.05) is 23.7 Å². The van der Waals surface area contributed by atoms with E-state index < -0.39 is 29.6 Å². The third-order valence-corrected chi connectivity index (χ3v) is 4.24. The summed E-state index contributed by atoms with van der Waals surface area (Å²) in [6.07, 6.45) is 0. The molecule has 128 valence electrons.